The minimum absolute atomic E-state index is 0.0202. The van der Waals surface area contributed by atoms with E-state index in [2.05, 4.69) is 17.6 Å². The number of amides is 2. The molecule has 0 unspecified atom stereocenters. The molecule has 1 fully saturated rings. The van der Waals surface area contributed by atoms with Gasteiger partial charge in [0.25, 0.3) is 5.91 Å². The maximum Gasteiger partial charge on any atom is 0.255 e. The summed E-state index contributed by atoms with van der Waals surface area (Å²) in [6.45, 7) is 5.46. The molecule has 5 heteroatoms. The topological polar surface area (TPSA) is 61.4 Å². The van der Waals surface area contributed by atoms with E-state index in [1.807, 2.05) is 30.0 Å². The molecule has 1 aromatic carbocycles. The van der Waals surface area contributed by atoms with Gasteiger partial charge in [0.2, 0.25) is 5.91 Å². The van der Waals surface area contributed by atoms with Crippen molar-refractivity contribution in [2.24, 2.45) is 0 Å². The van der Waals surface area contributed by atoms with Crippen molar-refractivity contribution < 1.29 is 9.59 Å². The van der Waals surface area contributed by atoms with Crippen molar-refractivity contribution in [1.82, 2.24) is 10.2 Å². The SMILES string of the molecule is CCCCC(=O)N1CCC2(CC1)NC(=O)c1cc(C)ccc1N2. The molecule has 3 rings (SSSR count). The van der Waals surface area contributed by atoms with Gasteiger partial charge in [-0.2, -0.15) is 0 Å². The number of anilines is 1. The van der Waals surface area contributed by atoms with Gasteiger partial charge in [-0.1, -0.05) is 25.0 Å². The number of benzene rings is 1. The van der Waals surface area contributed by atoms with Crippen LogP contribution in [-0.2, 0) is 4.79 Å². The normalized spacial score (nSPS) is 19.0. The predicted octanol–water partition coefficient (Wildman–Crippen LogP) is 2.66. The van der Waals surface area contributed by atoms with Crippen molar-refractivity contribution in [1.29, 1.82) is 0 Å². The number of hydrogen-bond donors (Lipinski definition) is 2. The van der Waals surface area contributed by atoms with Crippen LogP contribution in [-0.4, -0.2) is 35.5 Å². The third-order valence-electron chi connectivity index (χ3n) is 4.86. The monoisotopic (exact) mass is 315 g/mol. The van der Waals surface area contributed by atoms with Gasteiger partial charge in [0, 0.05) is 38.0 Å². The molecular formula is C18H25N3O2. The molecule has 2 heterocycles. The average Bonchev–Trinajstić information content (AvgIpc) is 2.54. The lowest BCUT2D eigenvalue weighted by atomic mass is 9.91. The average molecular weight is 315 g/mol. The summed E-state index contributed by atoms with van der Waals surface area (Å²) in [5.74, 6) is 0.216. The van der Waals surface area contributed by atoms with Crippen LogP contribution in [0.2, 0.25) is 0 Å². The Morgan fingerprint density at radius 2 is 2.00 bits per heavy atom. The minimum atomic E-state index is -0.416. The number of carbonyl (C=O) groups excluding carboxylic acids is 2. The largest absolute Gasteiger partial charge is 0.362 e. The lowest BCUT2D eigenvalue weighted by Crippen LogP contribution is -2.62. The van der Waals surface area contributed by atoms with Gasteiger partial charge in [0.05, 0.1) is 5.56 Å². The zero-order chi connectivity index (χ0) is 16.4. The maximum atomic E-state index is 12.4. The van der Waals surface area contributed by atoms with Gasteiger partial charge in [-0.3, -0.25) is 9.59 Å². The Hall–Kier alpha value is -2.04. The fourth-order valence-corrected chi connectivity index (χ4v) is 3.40. The molecule has 23 heavy (non-hydrogen) atoms. The summed E-state index contributed by atoms with van der Waals surface area (Å²) in [4.78, 5) is 26.5. The standard InChI is InChI=1S/C18H25N3O2/c1-3-4-5-16(22)21-10-8-18(9-11-21)19-15-7-6-13(2)12-14(15)17(23)20-18/h6-7,12,19H,3-5,8-11H2,1-2H3,(H,20,23). The molecule has 0 atom stereocenters. The molecule has 2 N–H and O–H groups in total. The maximum absolute atomic E-state index is 12.4. The number of rotatable bonds is 3. The van der Waals surface area contributed by atoms with Gasteiger partial charge >= 0.3 is 0 Å². The summed E-state index contributed by atoms with van der Waals surface area (Å²) in [5.41, 5.74) is 2.26. The number of carbonyl (C=O) groups is 2. The quantitative estimate of drug-likeness (QED) is 0.901. The second-order valence-corrected chi connectivity index (χ2v) is 6.69. The van der Waals surface area contributed by atoms with Crippen LogP contribution in [0.15, 0.2) is 18.2 Å². The highest BCUT2D eigenvalue weighted by molar-refractivity contribution is 6.02. The number of hydrogen-bond acceptors (Lipinski definition) is 3. The highest BCUT2D eigenvalue weighted by Crippen LogP contribution is 2.32. The van der Waals surface area contributed by atoms with Gasteiger partial charge in [-0.15, -0.1) is 0 Å². The fourth-order valence-electron chi connectivity index (χ4n) is 3.40. The second-order valence-electron chi connectivity index (χ2n) is 6.69. The highest BCUT2D eigenvalue weighted by Gasteiger charge is 2.40. The van der Waals surface area contributed by atoms with Gasteiger partial charge in [0.15, 0.2) is 0 Å². The van der Waals surface area contributed by atoms with Crippen molar-refractivity contribution in [2.75, 3.05) is 18.4 Å². The Morgan fingerprint density at radius 3 is 2.70 bits per heavy atom. The van der Waals surface area contributed by atoms with E-state index in [9.17, 15) is 9.59 Å². The molecule has 1 saturated heterocycles. The smallest absolute Gasteiger partial charge is 0.255 e. The zero-order valence-electron chi connectivity index (χ0n) is 13.9. The Bertz CT molecular complexity index is 619. The van der Waals surface area contributed by atoms with Crippen LogP contribution in [0.25, 0.3) is 0 Å². The second kappa shape index (κ2) is 6.22. The zero-order valence-corrected chi connectivity index (χ0v) is 13.9. The summed E-state index contributed by atoms with van der Waals surface area (Å²) < 4.78 is 0. The lowest BCUT2D eigenvalue weighted by molar-refractivity contribution is -0.132. The fraction of sp³-hybridized carbons (Fsp3) is 0.556. The molecule has 2 aliphatic heterocycles. The summed E-state index contributed by atoms with van der Waals surface area (Å²) in [6.07, 6.45) is 4.10. The van der Waals surface area contributed by atoms with E-state index in [0.29, 0.717) is 25.1 Å². The van der Waals surface area contributed by atoms with Crippen LogP contribution in [0.3, 0.4) is 0 Å². The summed E-state index contributed by atoms with van der Waals surface area (Å²) in [6, 6.07) is 5.90. The predicted molar refractivity (Wildman–Crippen MR) is 90.3 cm³/mol. The summed E-state index contributed by atoms with van der Waals surface area (Å²) in [7, 11) is 0. The first-order valence-corrected chi connectivity index (χ1v) is 8.52. The molecular weight excluding hydrogens is 290 g/mol. The summed E-state index contributed by atoms with van der Waals surface area (Å²) in [5, 5.41) is 6.63. The number of likely N-dealkylation sites (tertiary alicyclic amines) is 1. The van der Waals surface area contributed by atoms with Gasteiger partial charge in [-0.05, 0) is 25.5 Å². The number of nitrogens with zero attached hydrogens (tertiary/aromatic N) is 1. The van der Waals surface area contributed by atoms with Crippen LogP contribution in [0.1, 0.15) is 54.9 Å². The molecule has 0 bridgehead atoms. The van der Waals surface area contributed by atoms with Crippen molar-refractivity contribution in [3.8, 4) is 0 Å². The Morgan fingerprint density at radius 1 is 1.26 bits per heavy atom. The Labute approximate surface area is 137 Å². The highest BCUT2D eigenvalue weighted by atomic mass is 16.2. The third-order valence-corrected chi connectivity index (χ3v) is 4.86. The molecule has 1 aromatic rings. The molecule has 1 spiro atoms. The molecule has 2 amide bonds. The van der Waals surface area contributed by atoms with E-state index in [0.717, 1.165) is 36.9 Å². The van der Waals surface area contributed by atoms with Crippen molar-refractivity contribution in [2.45, 2.75) is 51.6 Å². The van der Waals surface area contributed by atoms with Crippen LogP contribution in [0.5, 0.6) is 0 Å². The van der Waals surface area contributed by atoms with Crippen molar-refractivity contribution in [3.05, 3.63) is 29.3 Å². The van der Waals surface area contributed by atoms with Crippen LogP contribution in [0, 0.1) is 6.92 Å². The Balaban J connectivity index is 1.68. The molecule has 124 valence electrons. The number of aryl methyl sites for hydroxylation is 1. The molecule has 2 aliphatic rings. The van der Waals surface area contributed by atoms with Crippen molar-refractivity contribution >= 4 is 17.5 Å². The van der Waals surface area contributed by atoms with Crippen molar-refractivity contribution in [3.63, 3.8) is 0 Å². The first-order valence-electron chi connectivity index (χ1n) is 8.52. The molecule has 0 aromatic heterocycles. The van der Waals surface area contributed by atoms with Crippen LogP contribution >= 0.6 is 0 Å². The van der Waals surface area contributed by atoms with E-state index in [1.165, 1.54) is 0 Å². The van der Waals surface area contributed by atoms with Crippen LogP contribution < -0.4 is 10.6 Å². The molecule has 0 radical (unpaired) electrons. The lowest BCUT2D eigenvalue weighted by Gasteiger charge is -2.46. The summed E-state index contributed by atoms with van der Waals surface area (Å²) >= 11 is 0. The van der Waals surface area contributed by atoms with Gasteiger partial charge in [0.1, 0.15) is 5.66 Å². The van der Waals surface area contributed by atoms with Crippen LogP contribution in [0.4, 0.5) is 5.69 Å². The molecule has 0 aliphatic carbocycles. The first-order chi connectivity index (χ1) is 11.0. The van der Waals surface area contributed by atoms with E-state index >= 15 is 0 Å². The van der Waals surface area contributed by atoms with Gasteiger partial charge in [-0.25, -0.2) is 0 Å². The van der Waals surface area contributed by atoms with Gasteiger partial charge < -0.3 is 15.5 Å². The molecule has 0 saturated carbocycles. The number of piperidine rings is 1. The van der Waals surface area contributed by atoms with E-state index < -0.39 is 5.66 Å². The first kappa shape index (κ1) is 15.8. The number of fused-ring (bicyclic) bond motifs is 1. The number of unbranched alkanes of at least 4 members (excludes halogenated alkanes) is 1. The van der Waals surface area contributed by atoms with E-state index in [1.54, 1.807) is 0 Å². The Kier molecular flexibility index (Phi) is 4.28. The van der Waals surface area contributed by atoms with E-state index in [4.69, 9.17) is 0 Å². The third kappa shape index (κ3) is 3.19. The molecule has 5 nitrogen and oxygen atoms in total. The van der Waals surface area contributed by atoms with E-state index in [-0.39, 0.29) is 11.8 Å². The number of nitrogens with one attached hydrogen (secondary N) is 2. The minimum Gasteiger partial charge on any atom is -0.362 e.